The lowest BCUT2D eigenvalue weighted by Crippen LogP contribution is -2.61. The molecule has 2 N–H and O–H groups in total. The topological polar surface area (TPSA) is 203 Å². The molecule has 19 heteroatoms. The van der Waals surface area contributed by atoms with E-state index in [1.54, 1.807) is 66.7 Å². The van der Waals surface area contributed by atoms with Gasteiger partial charge in [-0.2, -0.15) is 0 Å². The minimum atomic E-state index is -4.57. The number of para-hydroxylation sites is 1. The summed E-state index contributed by atoms with van der Waals surface area (Å²) in [5.41, 5.74) is 1.82. The molecular weight excluding hydrogens is 969 g/mol. The number of aryl methyl sites for hydroxylation is 2. The summed E-state index contributed by atoms with van der Waals surface area (Å²) in [5.74, 6) is -4.77. The molecule has 4 aromatic carbocycles. The van der Waals surface area contributed by atoms with Crippen LogP contribution < -0.4 is 20.5 Å². The maximum Gasteiger partial charge on any atom is 0.355 e. The van der Waals surface area contributed by atoms with Crippen molar-refractivity contribution in [2.24, 2.45) is 7.05 Å². The molecule has 4 fully saturated rings. The van der Waals surface area contributed by atoms with E-state index in [2.05, 4.69) is 15.6 Å². The van der Waals surface area contributed by atoms with Gasteiger partial charge in [-0.05, 0) is 129 Å². The van der Waals surface area contributed by atoms with Crippen LogP contribution in [0, 0.1) is 6.92 Å². The van der Waals surface area contributed by atoms with Gasteiger partial charge in [0.1, 0.15) is 23.9 Å². The van der Waals surface area contributed by atoms with Crippen molar-refractivity contribution in [3.8, 4) is 5.75 Å². The number of halogens is 1. The number of hydrogen-bond acceptors (Lipinski definition) is 11. The van der Waals surface area contributed by atoms with Crippen molar-refractivity contribution in [3.63, 3.8) is 0 Å². The van der Waals surface area contributed by atoms with E-state index in [0.717, 1.165) is 24.0 Å². The molecule has 386 valence electrons. The van der Waals surface area contributed by atoms with Crippen molar-refractivity contribution < 1.29 is 46.7 Å². The van der Waals surface area contributed by atoms with Crippen molar-refractivity contribution in [1.29, 1.82) is 0 Å². The van der Waals surface area contributed by atoms with Crippen molar-refractivity contribution in [2.45, 2.75) is 107 Å². The van der Waals surface area contributed by atoms with Crippen LogP contribution in [-0.2, 0) is 30.7 Å². The average Bonchev–Trinajstić information content (AvgIpc) is 3.65. The molecule has 0 bridgehead atoms. The Morgan fingerprint density at radius 1 is 0.932 bits per heavy atom. The highest BCUT2D eigenvalue weighted by molar-refractivity contribution is 7.57. The van der Waals surface area contributed by atoms with Gasteiger partial charge < -0.3 is 38.4 Å². The summed E-state index contributed by atoms with van der Waals surface area (Å²) >= 11 is 0. The Balaban J connectivity index is 0.939. The Bertz CT molecular complexity index is 3290. The highest BCUT2D eigenvalue weighted by Gasteiger charge is 2.59. The van der Waals surface area contributed by atoms with Crippen LogP contribution in [0.5, 0.6) is 5.75 Å². The average molecular weight is 1030 g/mol. The Morgan fingerprint density at radius 2 is 1.72 bits per heavy atom. The third kappa shape index (κ3) is 9.84. The van der Waals surface area contributed by atoms with Gasteiger partial charge in [0.2, 0.25) is 17.7 Å². The predicted octanol–water partition coefficient (Wildman–Crippen LogP) is 7.71. The van der Waals surface area contributed by atoms with Gasteiger partial charge in [0, 0.05) is 55.5 Å². The fraction of sp³-hybridized carbons (Fsp3) is 0.400. The van der Waals surface area contributed by atoms with Gasteiger partial charge in [-0.25, -0.2) is 9.48 Å². The molecule has 2 aromatic heterocycles. The van der Waals surface area contributed by atoms with E-state index in [9.17, 15) is 28.5 Å². The zero-order chi connectivity index (χ0) is 52.1. The standard InChI is InChI=1S/C55H59FN7O10P/c1-5-25-71-54(69)34(3)59-74(70,73-42-9-7-6-8-10-42)49(56)37-14-12-35-13-15-38(28-39(35)27-37)50(65)57-44-32-61(53(68)48-43-26-33(2)11-18-46(43)72-58-48)24-20-41-16-17-45(63(41)51(44)66)52(67)62-31-40(30-55(62)21-22-55)36-19-23-60(4)47(64)29-36/h6-15,18-19,23,26-29,34,40-41,44-45,49H,5,16-17,20-22,24-25,30-32H2,1-4H3,(H,57,65)(H,59,70)/t34-,40+,41+,44-,45-,49-,74?/m0/s1. The molecular formula is C55H59FN7O10P. The number of likely N-dealkylation sites (tertiary alicyclic amines) is 1. The van der Waals surface area contributed by atoms with Gasteiger partial charge in [-0.15, -0.1) is 0 Å². The zero-order valence-corrected chi connectivity index (χ0v) is 42.6. The van der Waals surface area contributed by atoms with E-state index in [4.69, 9.17) is 13.8 Å². The van der Waals surface area contributed by atoms with Gasteiger partial charge in [0.25, 0.3) is 17.4 Å². The molecule has 10 rings (SSSR count). The number of hydrogen-bond donors (Lipinski definition) is 2. The number of fused-ring (bicyclic) bond motifs is 3. The fourth-order valence-electron chi connectivity index (χ4n) is 10.9. The van der Waals surface area contributed by atoms with E-state index in [-0.39, 0.29) is 65.2 Å². The van der Waals surface area contributed by atoms with Gasteiger partial charge >= 0.3 is 13.5 Å². The summed E-state index contributed by atoms with van der Waals surface area (Å²) in [5, 5.41) is 11.2. The number of ether oxygens (including phenoxy) is 1. The molecule has 1 saturated carbocycles. The van der Waals surface area contributed by atoms with Crippen LogP contribution in [0.25, 0.3) is 21.7 Å². The number of amides is 4. The Kier molecular flexibility index (Phi) is 13.8. The third-order valence-electron chi connectivity index (χ3n) is 15.1. The number of carbonyl (C=O) groups excluding carboxylic acids is 5. The first-order valence-corrected chi connectivity index (χ1v) is 27.0. The van der Waals surface area contributed by atoms with Gasteiger partial charge in [-0.1, -0.05) is 60.1 Å². The van der Waals surface area contributed by atoms with Crippen LogP contribution in [0.1, 0.15) is 108 Å². The number of nitrogens with zero attached hydrogens (tertiary/aromatic N) is 5. The van der Waals surface area contributed by atoms with E-state index in [0.29, 0.717) is 60.4 Å². The van der Waals surface area contributed by atoms with E-state index < -0.39 is 61.3 Å². The Labute approximate surface area is 426 Å². The lowest BCUT2D eigenvalue weighted by Gasteiger charge is -2.40. The molecule has 4 amide bonds. The first kappa shape index (κ1) is 50.4. The molecule has 3 saturated heterocycles. The number of carbonyl (C=O) groups is 5. The second kappa shape index (κ2) is 20.3. The van der Waals surface area contributed by atoms with E-state index >= 15 is 9.18 Å². The highest BCUT2D eigenvalue weighted by Crippen LogP contribution is 2.58. The molecule has 6 aromatic rings. The summed E-state index contributed by atoms with van der Waals surface area (Å²) in [6, 6.07) is 22.5. The smallest absolute Gasteiger partial charge is 0.355 e. The zero-order valence-electron chi connectivity index (χ0n) is 41.7. The molecule has 74 heavy (non-hydrogen) atoms. The largest absolute Gasteiger partial charge is 0.465 e. The first-order chi connectivity index (χ1) is 35.5. The third-order valence-corrected chi connectivity index (χ3v) is 17.2. The van der Waals surface area contributed by atoms with Crippen molar-refractivity contribution in [1.82, 2.24) is 34.8 Å². The summed E-state index contributed by atoms with van der Waals surface area (Å²) in [4.78, 5) is 89.8. The van der Waals surface area contributed by atoms with E-state index in [1.165, 1.54) is 46.7 Å². The molecule has 7 atom stereocenters. The fourth-order valence-corrected chi connectivity index (χ4v) is 12.8. The van der Waals surface area contributed by atoms with Crippen LogP contribution in [0.15, 0.2) is 113 Å². The Hall–Kier alpha value is -7.17. The molecule has 5 heterocycles. The van der Waals surface area contributed by atoms with Gasteiger partial charge in [-0.3, -0.25) is 33.3 Å². The second-order valence-electron chi connectivity index (χ2n) is 20.2. The van der Waals surface area contributed by atoms with Crippen LogP contribution in [0.4, 0.5) is 4.39 Å². The van der Waals surface area contributed by atoms with Crippen LogP contribution >= 0.6 is 7.52 Å². The van der Waals surface area contributed by atoms with Crippen LogP contribution in [-0.4, -0.2) is 110 Å². The number of alkyl halides is 1. The summed E-state index contributed by atoms with van der Waals surface area (Å²) in [6.07, 6.45) is 5.92. The van der Waals surface area contributed by atoms with Crippen molar-refractivity contribution >= 4 is 58.9 Å². The predicted molar refractivity (Wildman–Crippen MR) is 273 cm³/mol. The normalized spacial score (nSPS) is 21.9. The maximum absolute atomic E-state index is 16.9. The molecule has 0 radical (unpaired) electrons. The maximum atomic E-state index is 16.9. The SMILES string of the molecule is CCCOC(=O)[C@H](C)NP(=O)(Oc1ccccc1)[C@H](F)c1ccc2ccc(C(=O)N[C@H]3CN(C(=O)c4noc5ccc(C)cc45)CC[C@H]4CC[C@@H](C(=O)N5C[C@H](c6ccn(C)c(=O)c6)CC56CC6)N4C3=O)cc2c1. The number of aromatic nitrogens is 2. The van der Waals surface area contributed by atoms with Crippen LogP contribution in [0.3, 0.4) is 0 Å². The number of benzene rings is 4. The Morgan fingerprint density at radius 3 is 2.47 bits per heavy atom. The van der Waals surface area contributed by atoms with Crippen molar-refractivity contribution in [3.05, 3.63) is 142 Å². The quantitative estimate of drug-likeness (QED) is 0.0796. The van der Waals surface area contributed by atoms with Gasteiger partial charge in [0.15, 0.2) is 11.3 Å². The van der Waals surface area contributed by atoms with Crippen molar-refractivity contribution in [2.75, 3.05) is 26.2 Å². The summed E-state index contributed by atoms with van der Waals surface area (Å²) in [7, 11) is -2.87. The molecule has 1 spiro atoms. The number of nitrogens with one attached hydrogen (secondary N) is 2. The second-order valence-corrected chi connectivity index (χ2v) is 22.3. The van der Waals surface area contributed by atoms with Gasteiger partial charge in [0.05, 0.1) is 18.5 Å². The number of rotatable bonds is 14. The molecule has 17 nitrogen and oxygen atoms in total. The molecule has 1 unspecified atom stereocenters. The first-order valence-electron chi connectivity index (χ1n) is 25.3. The molecule has 1 aliphatic carbocycles. The highest BCUT2D eigenvalue weighted by atomic mass is 31.2. The number of pyridine rings is 1. The lowest BCUT2D eigenvalue weighted by atomic mass is 9.96. The minimum Gasteiger partial charge on any atom is -0.465 e. The number of esters is 1. The molecule has 4 aliphatic rings. The minimum absolute atomic E-state index is 0.0407. The summed E-state index contributed by atoms with van der Waals surface area (Å²) in [6.45, 7) is 5.61. The van der Waals surface area contributed by atoms with E-state index in [1.807, 2.05) is 36.9 Å². The van der Waals surface area contributed by atoms with Crippen LogP contribution in [0.2, 0.25) is 0 Å². The lowest BCUT2D eigenvalue weighted by molar-refractivity contribution is -0.148. The molecule has 3 aliphatic heterocycles. The summed E-state index contributed by atoms with van der Waals surface area (Å²) < 4.78 is 49.6. The monoisotopic (exact) mass is 1030 g/mol.